The highest BCUT2D eigenvalue weighted by molar-refractivity contribution is 6.31. The average Bonchev–Trinajstić information content (AvgIpc) is 2.30. The van der Waals surface area contributed by atoms with Crippen LogP contribution >= 0.6 is 11.6 Å². The van der Waals surface area contributed by atoms with E-state index in [1.54, 1.807) is 18.2 Å². The monoisotopic (exact) mass is 240 g/mol. The molecule has 16 heavy (non-hydrogen) atoms. The van der Waals surface area contributed by atoms with Gasteiger partial charge in [0.05, 0.1) is 18.6 Å². The summed E-state index contributed by atoms with van der Waals surface area (Å²) in [6.45, 7) is 1.84. The zero-order chi connectivity index (χ0) is 12.1. The fraction of sp³-hybridized carbons (Fsp3) is 0.250. The van der Waals surface area contributed by atoms with E-state index in [9.17, 15) is 9.90 Å². The fourth-order valence-corrected chi connectivity index (χ4v) is 1.60. The van der Waals surface area contributed by atoms with Gasteiger partial charge in [0.2, 0.25) is 0 Å². The Kier molecular flexibility index (Phi) is 4.38. The van der Waals surface area contributed by atoms with Crippen LogP contribution in [0.4, 0.5) is 0 Å². The summed E-state index contributed by atoms with van der Waals surface area (Å²) in [6, 6.07) is 3.14. The van der Waals surface area contributed by atoms with Gasteiger partial charge >= 0.3 is 0 Å². The molecule has 0 aliphatic rings. The predicted molar refractivity (Wildman–Crippen MR) is 64.4 cm³/mol. The molecule has 86 valence electrons. The first-order valence-electron chi connectivity index (χ1n) is 4.77. The number of carbonyl (C=O) groups excluding carboxylic acids is 1. The molecule has 1 rings (SSSR count). The normalized spacial score (nSPS) is 10.7. The molecule has 0 bridgehead atoms. The van der Waals surface area contributed by atoms with Crippen molar-refractivity contribution >= 4 is 23.5 Å². The first-order valence-corrected chi connectivity index (χ1v) is 5.31. The van der Waals surface area contributed by atoms with E-state index in [0.717, 1.165) is 0 Å². The number of aromatic hydroxyl groups is 1. The molecular weight excluding hydrogens is 228 g/mol. The van der Waals surface area contributed by atoms with Crippen molar-refractivity contribution in [2.24, 2.45) is 0 Å². The maximum Gasteiger partial charge on any atom is 0.182 e. The molecule has 1 N–H and O–H groups in total. The highest BCUT2D eigenvalue weighted by Gasteiger charge is 2.18. The Morgan fingerprint density at radius 2 is 2.25 bits per heavy atom. The summed E-state index contributed by atoms with van der Waals surface area (Å²) in [5, 5.41) is 9.58. The molecule has 0 radical (unpaired) electrons. The molecule has 1 aromatic carbocycles. The van der Waals surface area contributed by atoms with Crippen LogP contribution in [0.3, 0.4) is 0 Å². The van der Waals surface area contributed by atoms with Crippen molar-refractivity contribution in [3.05, 3.63) is 29.3 Å². The van der Waals surface area contributed by atoms with Crippen LogP contribution in [0.5, 0.6) is 11.5 Å². The second kappa shape index (κ2) is 5.56. The number of halogens is 1. The number of phenolic OH excluding ortho intramolecular Hbond substituents is 1. The van der Waals surface area contributed by atoms with Crippen molar-refractivity contribution < 1.29 is 14.6 Å². The van der Waals surface area contributed by atoms with Crippen molar-refractivity contribution in [3.63, 3.8) is 0 Å². The molecule has 0 saturated carbocycles. The van der Waals surface area contributed by atoms with Crippen LogP contribution in [-0.2, 0) is 0 Å². The first-order chi connectivity index (χ1) is 7.65. The lowest BCUT2D eigenvalue weighted by Gasteiger charge is -2.11. The molecule has 0 aromatic heterocycles. The summed E-state index contributed by atoms with van der Waals surface area (Å²) in [5.41, 5.74) is 0.999. The lowest BCUT2D eigenvalue weighted by atomic mass is 10.0. The highest BCUT2D eigenvalue weighted by Crippen LogP contribution is 2.33. The molecule has 0 aliphatic heterocycles. The second-order valence-electron chi connectivity index (χ2n) is 3.14. The van der Waals surface area contributed by atoms with Gasteiger partial charge < -0.3 is 9.84 Å². The molecule has 0 heterocycles. The number of hydrogen-bond donors (Lipinski definition) is 1. The summed E-state index contributed by atoms with van der Waals surface area (Å²) in [6.07, 6.45) is 3.57. The summed E-state index contributed by atoms with van der Waals surface area (Å²) in [4.78, 5) is 11.7. The van der Waals surface area contributed by atoms with Crippen LogP contribution in [0.25, 0.3) is 6.08 Å². The number of ketones is 1. The standard InChI is InChI=1S/C12H13ClO3/c1-3-4-8-5-6-9(14)12(16-2)11(8)10(15)7-13/h3-6,14H,7H2,1-2H3. The average molecular weight is 241 g/mol. The van der Waals surface area contributed by atoms with Gasteiger partial charge in [-0.15, -0.1) is 11.6 Å². The second-order valence-corrected chi connectivity index (χ2v) is 3.41. The van der Waals surface area contributed by atoms with E-state index in [4.69, 9.17) is 16.3 Å². The minimum Gasteiger partial charge on any atom is -0.504 e. The lowest BCUT2D eigenvalue weighted by Crippen LogP contribution is -2.06. The van der Waals surface area contributed by atoms with E-state index in [1.807, 2.05) is 6.92 Å². The molecule has 0 unspecified atom stereocenters. The van der Waals surface area contributed by atoms with Gasteiger partial charge in [-0.1, -0.05) is 18.2 Å². The van der Waals surface area contributed by atoms with Crippen molar-refractivity contribution in [1.29, 1.82) is 0 Å². The number of ether oxygens (including phenoxy) is 1. The number of alkyl halides is 1. The van der Waals surface area contributed by atoms with Crippen molar-refractivity contribution in [1.82, 2.24) is 0 Å². The molecule has 3 nitrogen and oxygen atoms in total. The van der Waals surface area contributed by atoms with Gasteiger partial charge in [-0.05, 0) is 18.6 Å². The third-order valence-electron chi connectivity index (χ3n) is 2.12. The smallest absolute Gasteiger partial charge is 0.182 e. The molecule has 0 saturated heterocycles. The Morgan fingerprint density at radius 3 is 2.75 bits per heavy atom. The van der Waals surface area contributed by atoms with Gasteiger partial charge in [-0.3, -0.25) is 4.79 Å². The van der Waals surface area contributed by atoms with E-state index in [2.05, 4.69) is 0 Å². The summed E-state index contributed by atoms with van der Waals surface area (Å²) >= 11 is 5.53. The Hall–Kier alpha value is -1.48. The van der Waals surface area contributed by atoms with Gasteiger partial charge in [-0.2, -0.15) is 0 Å². The number of methoxy groups -OCH3 is 1. The largest absolute Gasteiger partial charge is 0.504 e. The number of rotatable bonds is 4. The quantitative estimate of drug-likeness (QED) is 0.650. The van der Waals surface area contributed by atoms with Crippen LogP contribution in [0.2, 0.25) is 0 Å². The molecule has 0 atom stereocenters. The third kappa shape index (κ3) is 2.36. The minimum absolute atomic E-state index is 0.0655. The summed E-state index contributed by atoms with van der Waals surface area (Å²) in [7, 11) is 1.40. The number of carbonyl (C=O) groups is 1. The number of phenols is 1. The van der Waals surface area contributed by atoms with Gasteiger partial charge in [0.15, 0.2) is 17.3 Å². The predicted octanol–water partition coefficient (Wildman–Crippen LogP) is 2.86. The number of allylic oxidation sites excluding steroid dienone is 1. The number of benzene rings is 1. The third-order valence-corrected chi connectivity index (χ3v) is 2.36. The molecule has 1 aromatic rings. The number of hydrogen-bond acceptors (Lipinski definition) is 3. The number of Topliss-reactive ketones (excluding diaryl/α,β-unsaturated/α-hetero) is 1. The SMILES string of the molecule is CC=Cc1ccc(O)c(OC)c1C(=O)CCl. The van der Waals surface area contributed by atoms with Crippen LogP contribution in [-0.4, -0.2) is 23.9 Å². The van der Waals surface area contributed by atoms with Crippen LogP contribution in [0.15, 0.2) is 18.2 Å². The van der Waals surface area contributed by atoms with E-state index in [-0.39, 0.29) is 23.2 Å². The van der Waals surface area contributed by atoms with E-state index in [1.165, 1.54) is 13.2 Å². The summed E-state index contributed by atoms with van der Waals surface area (Å²) in [5.74, 6) is -0.322. The maximum absolute atomic E-state index is 11.7. The van der Waals surface area contributed by atoms with Crippen molar-refractivity contribution in [3.8, 4) is 11.5 Å². The van der Waals surface area contributed by atoms with Gasteiger partial charge in [-0.25, -0.2) is 0 Å². The maximum atomic E-state index is 11.7. The van der Waals surface area contributed by atoms with E-state index in [0.29, 0.717) is 11.1 Å². The molecule has 0 spiro atoms. The van der Waals surface area contributed by atoms with Gasteiger partial charge in [0, 0.05) is 0 Å². The molecule has 0 aliphatic carbocycles. The van der Waals surface area contributed by atoms with E-state index < -0.39 is 0 Å². The molecular formula is C12H13ClO3. The first kappa shape index (κ1) is 12.6. The Bertz CT molecular complexity index is 425. The molecule has 4 heteroatoms. The minimum atomic E-state index is -0.275. The van der Waals surface area contributed by atoms with Gasteiger partial charge in [0.1, 0.15) is 0 Å². The van der Waals surface area contributed by atoms with Crippen molar-refractivity contribution in [2.45, 2.75) is 6.92 Å². The van der Waals surface area contributed by atoms with Crippen LogP contribution < -0.4 is 4.74 Å². The summed E-state index contributed by atoms with van der Waals surface area (Å²) < 4.78 is 5.02. The zero-order valence-electron chi connectivity index (χ0n) is 9.16. The van der Waals surface area contributed by atoms with Crippen molar-refractivity contribution in [2.75, 3.05) is 13.0 Å². The Balaban J connectivity index is 3.46. The molecule has 0 fully saturated rings. The highest BCUT2D eigenvalue weighted by atomic mass is 35.5. The Labute approximate surface area is 99.3 Å². The zero-order valence-corrected chi connectivity index (χ0v) is 9.91. The topological polar surface area (TPSA) is 46.5 Å². The van der Waals surface area contributed by atoms with Crippen LogP contribution in [0, 0.1) is 0 Å². The fourth-order valence-electron chi connectivity index (χ4n) is 1.47. The lowest BCUT2D eigenvalue weighted by molar-refractivity contribution is 0.101. The van der Waals surface area contributed by atoms with Crippen LogP contribution in [0.1, 0.15) is 22.8 Å². The Morgan fingerprint density at radius 1 is 1.56 bits per heavy atom. The molecule has 0 amide bonds. The van der Waals surface area contributed by atoms with Gasteiger partial charge in [0.25, 0.3) is 0 Å². The van der Waals surface area contributed by atoms with E-state index >= 15 is 0 Å².